The molecule has 0 aliphatic heterocycles. The maximum Gasteiger partial charge on any atom is 0.299 e. The van der Waals surface area contributed by atoms with Crippen LogP contribution in [0.15, 0.2) is 12.1 Å². The van der Waals surface area contributed by atoms with Crippen LogP contribution in [0, 0.1) is 5.41 Å². The van der Waals surface area contributed by atoms with Crippen LogP contribution in [-0.4, -0.2) is 49.8 Å². The summed E-state index contributed by atoms with van der Waals surface area (Å²) in [4.78, 5) is 0. The highest BCUT2D eigenvalue weighted by Crippen LogP contribution is 2.51. The lowest BCUT2D eigenvalue weighted by atomic mass is 9.56. The van der Waals surface area contributed by atoms with Gasteiger partial charge in [-0.2, -0.15) is 4.52 Å². The van der Waals surface area contributed by atoms with Crippen LogP contribution in [-0.2, 0) is 4.74 Å². The summed E-state index contributed by atoms with van der Waals surface area (Å²) < 4.78 is 32.4. The van der Waals surface area contributed by atoms with Gasteiger partial charge in [0.25, 0.3) is 6.43 Å². The van der Waals surface area contributed by atoms with E-state index in [0.29, 0.717) is 18.8 Å². The second-order valence-electron chi connectivity index (χ2n) is 6.60. The Hall–Kier alpha value is -1.87. The van der Waals surface area contributed by atoms with Crippen molar-refractivity contribution in [3.8, 4) is 0 Å². The first-order valence-corrected chi connectivity index (χ1v) is 7.87. The quantitative estimate of drug-likeness (QED) is 0.836. The van der Waals surface area contributed by atoms with E-state index in [1.807, 2.05) is 20.8 Å². The Morgan fingerprint density at radius 2 is 2.17 bits per heavy atom. The van der Waals surface area contributed by atoms with Crippen LogP contribution in [0.4, 0.5) is 14.6 Å². The molecule has 2 aromatic heterocycles. The van der Waals surface area contributed by atoms with Gasteiger partial charge in [0.2, 0.25) is 5.82 Å². The van der Waals surface area contributed by atoms with Gasteiger partial charge < -0.3 is 15.2 Å². The zero-order valence-electron chi connectivity index (χ0n) is 13.8. The van der Waals surface area contributed by atoms with Crippen LogP contribution < -0.4 is 5.32 Å². The number of halogens is 2. The summed E-state index contributed by atoms with van der Waals surface area (Å²) >= 11 is 0. The van der Waals surface area contributed by atoms with Crippen LogP contribution in [0.2, 0.25) is 0 Å². The van der Waals surface area contributed by atoms with Gasteiger partial charge >= 0.3 is 0 Å². The number of hydrogen-bond acceptors (Lipinski definition) is 6. The molecule has 2 atom stereocenters. The number of fused-ring (bicyclic) bond motifs is 1. The fourth-order valence-electron chi connectivity index (χ4n) is 3.03. The van der Waals surface area contributed by atoms with Crippen molar-refractivity contribution in [2.75, 3.05) is 18.5 Å². The number of hydrogen-bond donors (Lipinski definition) is 2. The lowest BCUT2D eigenvalue weighted by Gasteiger charge is -2.58. The standard InChI is InChI=1S/C15H21F2N5O2/c1-4-24-9-7-15(23,14(9,2)3)8-18-10-5-6-11-19-20-13(12(16)17)22(11)21-10/h5-6,9,12,23H,4,7-8H2,1-3H3,(H,18,21)/t9-,15+/m1/s1. The van der Waals surface area contributed by atoms with Gasteiger partial charge in [-0.25, -0.2) is 8.78 Å². The number of rotatable bonds is 6. The van der Waals surface area contributed by atoms with Gasteiger partial charge in [0.15, 0.2) is 5.65 Å². The molecule has 24 heavy (non-hydrogen) atoms. The fourth-order valence-corrected chi connectivity index (χ4v) is 3.03. The third-order valence-electron chi connectivity index (χ3n) is 4.94. The number of nitrogens with zero attached hydrogens (tertiary/aromatic N) is 4. The molecule has 0 unspecified atom stereocenters. The van der Waals surface area contributed by atoms with Crippen molar-refractivity contribution in [1.82, 2.24) is 19.8 Å². The molecule has 1 saturated carbocycles. The predicted molar refractivity (Wildman–Crippen MR) is 83.0 cm³/mol. The van der Waals surface area contributed by atoms with Crippen LogP contribution in [0.5, 0.6) is 0 Å². The Bertz CT molecular complexity index is 736. The van der Waals surface area contributed by atoms with E-state index in [2.05, 4.69) is 20.6 Å². The van der Waals surface area contributed by atoms with E-state index in [0.717, 1.165) is 4.52 Å². The fraction of sp³-hybridized carbons (Fsp3) is 0.667. The molecule has 0 radical (unpaired) electrons. The molecule has 2 aromatic rings. The van der Waals surface area contributed by atoms with Crippen molar-refractivity contribution in [2.24, 2.45) is 5.41 Å². The Balaban J connectivity index is 1.73. The van der Waals surface area contributed by atoms with Crippen molar-refractivity contribution in [1.29, 1.82) is 0 Å². The van der Waals surface area contributed by atoms with Crippen molar-refractivity contribution >= 4 is 11.5 Å². The molecule has 2 heterocycles. The van der Waals surface area contributed by atoms with E-state index in [1.54, 1.807) is 12.1 Å². The molecule has 7 nitrogen and oxygen atoms in total. The minimum atomic E-state index is -2.76. The Morgan fingerprint density at radius 1 is 1.42 bits per heavy atom. The normalized spacial score (nSPS) is 25.9. The van der Waals surface area contributed by atoms with Crippen molar-refractivity contribution in [2.45, 2.75) is 45.3 Å². The average molecular weight is 341 g/mol. The van der Waals surface area contributed by atoms with E-state index in [-0.39, 0.29) is 18.3 Å². The lowest BCUT2D eigenvalue weighted by molar-refractivity contribution is -0.233. The van der Waals surface area contributed by atoms with E-state index < -0.39 is 23.3 Å². The average Bonchev–Trinajstić information content (AvgIpc) is 2.96. The van der Waals surface area contributed by atoms with Gasteiger partial charge in [-0.1, -0.05) is 13.8 Å². The summed E-state index contributed by atoms with van der Waals surface area (Å²) in [7, 11) is 0. The Morgan fingerprint density at radius 3 is 2.79 bits per heavy atom. The zero-order valence-corrected chi connectivity index (χ0v) is 13.8. The summed E-state index contributed by atoms with van der Waals surface area (Å²) in [5.74, 6) is -0.138. The summed E-state index contributed by atoms with van der Waals surface area (Å²) in [6.07, 6.45) is -2.25. The number of aromatic nitrogens is 4. The maximum atomic E-state index is 12.9. The Kier molecular flexibility index (Phi) is 4.16. The topological polar surface area (TPSA) is 84.6 Å². The molecule has 2 N–H and O–H groups in total. The zero-order chi connectivity index (χ0) is 17.5. The van der Waals surface area contributed by atoms with Crippen molar-refractivity contribution < 1.29 is 18.6 Å². The van der Waals surface area contributed by atoms with Crippen molar-refractivity contribution in [3.05, 3.63) is 18.0 Å². The predicted octanol–water partition coefficient (Wildman–Crippen LogP) is 2.04. The SMILES string of the molecule is CCO[C@@H]1C[C@](O)(CNc2ccc3nnc(C(F)F)n3n2)C1(C)C. The van der Waals surface area contributed by atoms with E-state index in [1.165, 1.54) is 0 Å². The van der Waals surface area contributed by atoms with Crippen LogP contribution in [0.3, 0.4) is 0 Å². The number of nitrogens with one attached hydrogen (secondary N) is 1. The lowest BCUT2D eigenvalue weighted by Crippen LogP contribution is -2.67. The molecule has 1 fully saturated rings. The highest BCUT2D eigenvalue weighted by molar-refractivity contribution is 5.44. The van der Waals surface area contributed by atoms with Gasteiger partial charge in [0.1, 0.15) is 5.82 Å². The third kappa shape index (κ3) is 2.61. The second kappa shape index (κ2) is 5.89. The van der Waals surface area contributed by atoms with E-state index in [9.17, 15) is 13.9 Å². The minimum absolute atomic E-state index is 0.00646. The summed E-state index contributed by atoms with van der Waals surface area (Å²) in [5.41, 5.74) is -1.12. The molecule has 3 rings (SSSR count). The molecule has 0 aromatic carbocycles. The Labute approximate surface area is 138 Å². The minimum Gasteiger partial charge on any atom is -0.387 e. The van der Waals surface area contributed by atoms with Gasteiger partial charge in [-0.15, -0.1) is 15.3 Å². The molecule has 0 saturated heterocycles. The monoisotopic (exact) mass is 341 g/mol. The van der Waals surface area contributed by atoms with Gasteiger partial charge in [-0.05, 0) is 19.1 Å². The van der Waals surface area contributed by atoms with Crippen LogP contribution >= 0.6 is 0 Å². The highest BCUT2D eigenvalue weighted by atomic mass is 19.3. The number of anilines is 1. The molecule has 0 spiro atoms. The highest BCUT2D eigenvalue weighted by Gasteiger charge is 2.59. The molecular formula is C15H21F2N5O2. The smallest absolute Gasteiger partial charge is 0.299 e. The summed E-state index contributed by atoms with van der Waals surface area (Å²) in [5, 5.41) is 25.0. The van der Waals surface area contributed by atoms with Gasteiger partial charge in [0.05, 0.1) is 11.7 Å². The molecule has 1 aliphatic carbocycles. The first-order valence-electron chi connectivity index (χ1n) is 7.87. The number of alkyl halides is 2. The molecule has 0 bridgehead atoms. The van der Waals surface area contributed by atoms with E-state index >= 15 is 0 Å². The maximum absolute atomic E-state index is 12.9. The summed E-state index contributed by atoms with van der Waals surface area (Å²) in [6, 6.07) is 3.17. The van der Waals surface area contributed by atoms with Crippen molar-refractivity contribution in [3.63, 3.8) is 0 Å². The first-order chi connectivity index (χ1) is 11.3. The van der Waals surface area contributed by atoms with Gasteiger partial charge in [-0.3, -0.25) is 0 Å². The molecular weight excluding hydrogens is 320 g/mol. The molecule has 1 aliphatic rings. The third-order valence-corrected chi connectivity index (χ3v) is 4.94. The summed E-state index contributed by atoms with van der Waals surface area (Å²) in [6.45, 7) is 6.66. The first kappa shape index (κ1) is 17.0. The van der Waals surface area contributed by atoms with Crippen LogP contribution in [0.1, 0.15) is 39.4 Å². The van der Waals surface area contributed by atoms with Crippen LogP contribution in [0.25, 0.3) is 5.65 Å². The molecule has 132 valence electrons. The molecule has 9 heteroatoms. The number of ether oxygens (including phenoxy) is 1. The second-order valence-corrected chi connectivity index (χ2v) is 6.60. The number of aliphatic hydroxyl groups is 1. The van der Waals surface area contributed by atoms with E-state index in [4.69, 9.17) is 4.74 Å². The van der Waals surface area contributed by atoms with Gasteiger partial charge in [0, 0.05) is 25.0 Å². The largest absolute Gasteiger partial charge is 0.387 e. The molecule has 0 amide bonds.